The van der Waals surface area contributed by atoms with Crippen LogP contribution < -0.4 is 10.6 Å². The maximum Gasteiger partial charge on any atom is 0.247 e. The number of aryl methyl sites for hydroxylation is 1. The molecule has 0 aliphatic rings. The van der Waals surface area contributed by atoms with E-state index in [4.69, 9.17) is 4.42 Å². The minimum Gasteiger partial charge on any atom is -0.441 e. The summed E-state index contributed by atoms with van der Waals surface area (Å²) in [5.41, 5.74) is 2.36. The second-order valence-electron chi connectivity index (χ2n) is 6.25. The van der Waals surface area contributed by atoms with Gasteiger partial charge in [-0.3, -0.25) is 4.79 Å². The molecule has 25 heavy (non-hydrogen) atoms. The third-order valence-electron chi connectivity index (χ3n) is 3.92. The number of nitrogens with one attached hydrogen (secondary N) is 2. The molecule has 0 aliphatic carbocycles. The molecular weight excluding hydrogens is 318 g/mol. The number of rotatable bonds is 6. The number of oxazole rings is 1. The van der Waals surface area contributed by atoms with E-state index in [0.717, 1.165) is 23.2 Å². The SMILES string of the molecule is CCc1nc2cc(N[C@@H](C)C(=O)Nc3ccnn3C(C)C)ccc2o1. The predicted molar refractivity (Wildman–Crippen MR) is 97.7 cm³/mol. The summed E-state index contributed by atoms with van der Waals surface area (Å²) >= 11 is 0. The van der Waals surface area contributed by atoms with Gasteiger partial charge in [0.15, 0.2) is 11.5 Å². The molecule has 2 heterocycles. The van der Waals surface area contributed by atoms with E-state index in [9.17, 15) is 4.79 Å². The summed E-state index contributed by atoms with van der Waals surface area (Å²) in [6.07, 6.45) is 2.43. The molecule has 7 nitrogen and oxygen atoms in total. The van der Waals surface area contributed by atoms with Gasteiger partial charge in [0.1, 0.15) is 17.4 Å². The lowest BCUT2D eigenvalue weighted by molar-refractivity contribution is -0.116. The first kappa shape index (κ1) is 17.0. The van der Waals surface area contributed by atoms with Crippen molar-refractivity contribution >= 4 is 28.5 Å². The Morgan fingerprint density at radius 1 is 1.28 bits per heavy atom. The molecular formula is C18H23N5O2. The second-order valence-corrected chi connectivity index (χ2v) is 6.25. The monoisotopic (exact) mass is 341 g/mol. The summed E-state index contributed by atoms with van der Waals surface area (Å²) in [6.45, 7) is 7.85. The van der Waals surface area contributed by atoms with Crippen molar-refractivity contribution in [1.29, 1.82) is 0 Å². The number of aromatic nitrogens is 3. The van der Waals surface area contributed by atoms with Crippen LogP contribution in [-0.2, 0) is 11.2 Å². The largest absolute Gasteiger partial charge is 0.441 e. The average molecular weight is 341 g/mol. The lowest BCUT2D eigenvalue weighted by Gasteiger charge is -2.17. The summed E-state index contributed by atoms with van der Waals surface area (Å²) in [5, 5.41) is 10.3. The van der Waals surface area contributed by atoms with E-state index in [1.807, 2.05) is 45.9 Å². The van der Waals surface area contributed by atoms with Crippen LogP contribution in [0.3, 0.4) is 0 Å². The zero-order valence-corrected chi connectivity index (χ0v) is 14.9. The number of fused-ring (bicyclic) bond motifs is 1. The van der Waals surface area contributed by atoms with Gasteiger partial charge in [0.25, 0.3) is 0 Å². The first-order valence-electron chi connectivity index (χ1n) is 8.48. The van der Waals surface area contributed by atoms with Crippen molar-refractivity contribution in [2.45, 2.75) is 46.2 Å². The van der Waals surface area contributed by atoms with Crippen LogP contribution in [0.1, 0.15) is 39.6 Å². The topological polar surface area (TPSA) is 85.0 Å². The summed E-state index contributed by atoms with van der Waals surface area (Å²) in [6, 6.07) is 7.19. The highest BCUT2D eigenvalue weighted by Crippen LogP contribution is 2.21. The van der Waals surface area contributed by atoms with E-state index in [1.165, 1.54) is 0 Å². The van der Waals surface area contributed by atoms with Crippen LogP contribution in [0.25, 0.3) is 11.1 Å². The lowest BCUT2D eigenvalue weighted by atomic mass is 10.2. The highest BCUT2D eigenvalue weighted by Gasteiger charge is 2.16. The van der Waals surface area contributed by atoms with Crippen LogP contribution in [-0.4, -0.2) is 26.7 Å². The zero-order chi connectivity index (χ0) is 18.0. The van der Waals surface area contributed by atoms with Crippen molar-refractivity contribution in [2.75, 3.05) is 10.6 Å². The molecule has 0 saturated heterocycles. The maximum atomic E-state index is 12.5. The average Bonchev–Trinajstić information content (AvgIpc) is 3.20. The Morgan fingerprint density at radius 3 is 2.80 bits per heavy atom. The molecule has 0 aliphatic heterocycles. The molecule has 0 radical (unpaired) electrons. The molecule has 3 aromatic rings. The second kappa shape index (κ2) is 6.96. The predicted octanol–water partition coefficient (Wildman–Crippen LogP) is 3.61. The number of carbonyl (C=O) groups is 1. The van der Waals surface area contributed by atoms with Gasteiger partial charge >= 0.3 is 0 Å². The smallest absolute Gasteiger partial charge is 0.247 e. The number of nitrogens with zero attached hydrogens (tertiary/aromatic N) is 3. The number of benzene rings is 1. The Bertz CT molecular complexity index is 881. The van der Waals surface area contributed by atoms with Crippen molar-refractivity contribution in [2.24, 2.45) is 0 Å². The van der Waals surface area contributed by atoms with Crippen molar-refractivity contribution in [1.82, 2.24) is 14.8 Å². The molecule has 1 amide bonds. The Balaban J connectivity index is 1.69. The molecule has 0 fully saturated rings. The zero-order valence-electron chi connectivity index (χ0n) is 14.9. The number of hydrogen-bond donors (Lipinski definition) is 2. The fraction of sp³-hybridized carbons (Fsp3) is 0.389. The number of anilines is 2. The number of hydrogen-bond acceptors (Lipinski definition) is 5. The van der Waals surface area contributed by atoms with Crippen LogP contribution in [0, 0.1) is 0 Å². The van der Waals surface area contributed by atoms with E-state index in [2.05, 4.69) is 20.7 Å². The lowest BCUT2D eigenvalue weighted by Crippen LogP contribution is -2.32. The molecule has 2 aromatic heterocycles. The molecule has 3 rings (SSSR count). The minimum atomic E-state index is -0.412. The third-order valence-corrected chi connectivity index (χ3v) is 3.92. The normalized spacial score (nSPS) is 12.5. The van der Waals surface area contributed by atoms with E-state index < -0.39 is 6.04 Å². The Hall–Kier alpha value is -2.83. The fourth-order valence-corrected chi connectivity index (χ4v) is 2.59. The van der Waals surface area contributed by atoms with Crippen molar-refractivity contribution in [3.8, 4) is 0 Å². The van der Waals surface area contributed by atoms with E-state index in [1.54, 1.807) is 16.9 Å². The first-order valence-corrected chi connectivity index (χ1v) is 8.48. The van der Waals surface area contributed by atoms with Gasteiger partial charge in [0.05, 0.1) is 6.20 Å². The first-order chi connectivity index (χ1) is 12.0. The minimum absolute atomic E-state index is 0.128. The molecule has 0 unspecified atom stereocenters. The molecule has 132 valence electrons. The summed E-state index contributed by atoms with van der Waals surface area (Å²) < 4.78 is 7.38. The van der Waals surface area contributed by atoms with E-state index >= 15 is 0 Å². The molecule has 0 saturated carbocycles. The maximum absolute atomic E-state index is 12.5. The van der Waals surface area contributed by atoms with Crippen molar-refractivity contribution in [3.05, 3.63) is 36.4 Å². The van der Waals surface area contributed by atoms with Crippen LogP contribution >= 0.6 is 0 Å². The fourth-order valence-electron chi connectivity index (χ4n) is 2.59. The molecule has 2 N–H and O–H groups in total. The van der Waals surface area contributed by atoms with Crippen molar-refractivity contribution in [3.63, 3.8) is 0 Å². The highest BCUT2D eigenvalue weighted by atomic mass is 16.3. The Labute approximate surface area is 146 Å². The van der Waals surface area contributed by atoms with Gasteiger partial charge in [0, 0.05) is 24.2 Å². The quantitative estimate of drug-likeness (QED) is 0.715. The number of amides is 1. The van der Waals surface area contributed by atoms with Crippen LogP contribution in [0.2, 0.25) is 0 Å². The molecule has 1 atom stereocenters. The third kappa shape index (κ3) is 3.65. The van der Waals surface area contributed by atoms with Gasteiger partial charge in [-0.15, -0.1) is 0 Å². The molecule has 0 spiro atoms. The van der Waals surface area contributed by atoms with Crippen LogP contribution in [0.5, 0.6) is 0 Å². The number of carbonyl (C=O) groups excluding carboxylic acids is 1. The summed E-state index contributed by atoms with van der Waals surface area (Å²) in [7, 11) is 0. The highest BCUT2D eigenvalue weighted by molar-refractivity contribution is 5.95. The van der Waals surface area contributed by atoms with Crippen molar-refractivity contribution < 1.29 is 9.21 Å². The standard InChI is InChI=1S/C18H23N5O2/c1-5-17-21-14-10-13(6-7-15(14)25-17)20-12(4)18(24)22-16-8-9-19-23(16)11(2)3/h6-12,20H,5H2,1-4H3,(H,22,24)/t12-/m0/s1. The Morgan fingerprint density at radius 2 is 2.08 bits per heavy atom. The van der Waals surface area contributed by atoms with Crippen LogP contribution in [0.4, 0.5) is 11.5 Å². The van der Waals surface area contributed by atoms with Gasteiger partial charge in [-0.05, 0) is 39.0 Å². The van der Waals surface area contributed by atoms with Gasteiger partial charge < -0.3 is 15.1 Å². The summed E-state index contributed by atoms with van der Waals surface area (Å²) in [4.78, 5) is 16.9. The molecule has 7 heteroatoms. The van der Waals surface area contributed by atoms with Gasteiger partial charge in [0.2, 0.25) is 5.91 Å². The van der Waals surface area contributed by atoms with E-state index in [0.29, 0.717) is 11.7 Å². The van der Waals surface area contributed by atoms with E-state index in [-0.39, 0.29) is 11.9 Å². The Kier molecular flexibility index (Phi) is 4.74. The molecule has 1 aromatic carbocycles. The van der Waals surface area contributed by atoms with Gasteiger partial charge in [-0.2, -0.15) is 5.10 Å². The van der Waals surface area contributed by atoms with Gasteiger partial charge in [-0.1, -0.05) is 6.92 Å². The van der Waals surface area contributed by atoms with Gasteiger partial charge in [-0.25, -0.2) is 9.67 Å². The summed E-state index contributed by atoms with van der Waals surface area (Å²) in [5.74, 6) is 1.27. The van der Waals surface area contributed by atoms with Crippen LogP contribution in [0.15, 0.2) is 34.9 Å². The molecule has 0 bridgehead atoms.